The molecule has 0 fully saturated rings. The van der Waals surface area contributed by atoms with Crippen LogP contribution in [-0.2, 0) is 23.0 Å². The Bertz CT molecular complexity index is 1000. The first-order chi connectivity index (χ1) is 18.5. The number of hydrogen-bond acceptors (Lipinski definition) is 3. The van der Waals surface area contributed by atoms with Gasteiger partial charge in [0.15, 0.2) is 0 Å². The Labute approximate surface area is 263 Å². The van der Waals surface area contributed by atoms with Gasteiger partial charge in [-0.05, 0) is 53.6 Å². The van der Waals surface area contributed by atoms with Gasteiger partial charge in [-0.1, -0.05) is 154 Å². The minimum absolute atomic E-state index is 0. The predicted octanol–water partition coefficient (Wildman–Crippen LogP) is 7.67. The van der Waals surface area contributed by atoms with Crippen LogP contribution < -0.4 is 29.6 Å². The number of hydrogen-bond donors (Lipinski definition) is 0. The third-order valence-electron chi connectivity index (χ3n) is 8.07. The van der Waals surface area contributed by atoms with Crippen molar-refractivity contribution in [2.75, 3.05) is 0 Å². The summed E-state index contributed by atoms with van der Waals surface area (Å²) in [5, 5.41) is 2.08. The number of aryl methyl sites for hydroxylation is 2. The Morgan fingerprint density at radius 2 is 0.974 bits per heavy atom. The Kier molecular flexibility index (Phi) is 20.9. The SMILES string of the molecule is CCCCCCCCCCCCc1cccc2c(CCCCCCCCCCCC)c(S(=O)(=O)[O-])ccc12.[Na+]. The number of fused-ring (bicyclic) bond motifs is 1. The summed E-state index contributed by atoms with van der Waals surface area (Å²) in [5.41, 5.74) is 2.02. The van der Waals surface area contributed by atoms with Crippen LogP contribution >= 0.6 is 0 Å². The Hall–Kier alpha value is -0.390. The summed E-state index contributed by atoms with van der Waals surface area (Å²) in [4.78, 5) is -0.0167. The van der Waals surface area contributed by atoms with Gasteiger partial charge in [0.1, 0.15) is 10.1 Å². The van der Waals surface area contributed by atoms with Crippen molar-refractivity contribution in [1.29, 1.82) is 0 Å². The van der Waals surface area contributed by atoms with Crippen LogP contribution in [0.5, 0.6) is 0 Å². The van der Waals surface area contributed by atoms with Crippen LogP contribution in [0.15, 0.2) is 35.2 Å². The van der Waals surface area contributed by atoms with Gasteiger partial charge in [-0.15, -0.1) is 0 Å². The smallest absolute Gasteiger partial charge is 0.744 e. The van der Waals surface area contributed by atoms with Gasteiger partial charge < -0.3 is 4.55 Å². The second-order valence-electron chi connectivity index (χ2n) is 11.4. The fourth-order valence-electron chi connectivity index (χ4n) is 5.77. The molecular formula is C34H55NaO3S. The van der Waals surface area contributed by atoms with Crippen molar-refractivity contribution >= 4 is 20.9 Å². The van der Waals surface area contributed by atoms with E-state index in [-0.39, 0.29) is 34.5 Å². The molecule has 0 heterocycles. The summed E-state index contributed by atoms with van der Waals surface area (Å²) in [6.07, 6.45) is 27.2. The monoisotopic (exact) mass is 566 g/mol. The first-order valence-electron chi connectivity index (χ1n) is 16.0. The molecule has 2 aromatic carbocycles. The number of benzene rings is 2. The average Bonchev–Trinajstić information content (AvgIpc) is 2.90. The second kappa shape index (κ2) is 22.2. The van der Waals surface area contributed by atoms with Gasteiger partial charge in [-0.2, -0.15) is 0 Å². The number of rotatable bonds is 23. The normalized spacial score (nSPS) is 11.7. The second-order valence-corrected chi connectivity index (χ2v) is 12.7. The molecule has 0 aliphatic carbocycles. The molecule has 0 amide bonds. The van der Waals surface area contributed by atoms with Gasteiger partial charge in [0.05, 0.1) is 4.90 Å². The fourth-order valence-corrected chi connectivity index (χ4v) is 6.52. The van der Waals surface area contributed by atoms with Crippen LogP contribution in [0.25, 0.3) is 10.8 Å². The molecule has 0 aromatic heterocycles. The van der Waals surface area contributed by atoms with Gasteiger partial charge >= 0.3 is 29.6 Å². The zero-order valence-corrected chi connectivity index (χ0v) is 28.4. The molecule has 2 rings (SSSR count). The molecule has 0 saturated carbocycles. The van der Waals surface area contributed by atoms with Crippen LogP contribution in [-0.4, -0.2) is 13.0 Å². The molecule has 0 atom stereocenters. The summed E-state index contributed by atoms with van der Waals surface area (Å²) in [7, 11) is -4.49. The molecule has 0 aliphatic rings. The van der Waals surface area contributed by atoms with Crippen molar-refractivity contribution < 1.29 is 42.5 Å². The molecule has 3 nitrogen and oxygen atoms in total. The average molecular weight is 567 g/mol. The Morgan fingerprint density at radius 1 is 0.538 bits per heavy atom. The molecule has 0 spiro atoms. The molecule has 216 valence electrons. The van der Waals surface area contributed by atoms with Crippen LogP contribution in [0.4, 0.5) is 0 Å². The van der Waals surface area contributed by atoms with E-state index in [4.69, 9.17) is 0 Å². The van der Waals surface area contributed by atoms with Gasteiger partial charge in [0.25, 0.3) is 0 Å². The van der Waals surface area contributed by atoms with E-state index < -0.39 is 10.1 Å². The molecule has 0 bridgehead atoms. The van der Waals surface area contributed by atoms with Crippen molar-refractivity contribution in [3.05, 3.63) is 41.5 Å². The summed E-state index contributed by atoms with van der Waals surface area (Å²) in [6, 6.07) is 9.66. The maximum Gasteiger partial charge on any atom is 1.00 e. The predicted molar refractivity (Wildman–Crippen MR) is 163 cm³/mol. The zero-order chi connectivity index (χ0) is 27.5. The largest absolute Gasteiger partial charge is 1.00 e. The van der Waals surface area contributed by atoms with E-state index in [1.807, 2.05) is 18.2 Å². The molecule has 0 aliphatic heterocycles. The zero-order valence-electron chi connectivity index (χ0n) is 25.6. The Morgan fingerprint density at radius 3 is 1.44 bits per heavy atom. The number of unbranched alkanes of at least 4 members (excludes halogenated alkanes) is 18. The quantitative estimate of drug-likeness (QED) is 0.0788. The molecule has 0 radical (unpaired) electrons. The molecule has 2 aromatic rings. The van der Waals surface area contributed by atoms with E-state index in [2.05, 4.69) is 19.9 Å². The fraction of sp³-hybridized carbons (Fsp3) is 0.706. The summed E-state index contributed by atoms with van der Waals surface area (Å²) < 4.78 is 36.2. The van der Waals surface area contributed by atoms with E-state index >= 15 is 0 Å². The minimum atomic E-state index is -4.49. The first kappa shape index (κ1) is 36.6. The third kappa shape index (κ3) is 14.9. The van der Waals surface area contributed by atoms with E-state index in [0.29, 0.717) is 6.42 Å². The van der Waals surface area contributed by atoms with Gasteiger partial charge in [0, 0.05) is 0 Å². The van der Waals surface area contributed by atoms with Crippen molar-refractivity contribution in [2.45, 2.75) is 160 Å². The topological polar surface area (TPSA) is 57.2 Å². The van der Waals surface area contributed by atoms with Crippen molar-refractivity contribution in [1.82, 2.24) is 0 Å². The summed E-state index contributed by atoms with van der Waals surface area (Å²) in [6.45, 7) is 4.51. The molecule has 39 heavy (non-hydrogen) atoms. The summed E-state index contributed by atoms with van der Waals surface area (Å²) >= 11 is 0. The maximum absolute atomic E-state index is 12.1. The molecule has 0 N–H and O–H groups in total. The van der Waals surface area contributed by atoms with E-state index in [1.54, 1.807) is 6.07 Å². The standard InChI is InChI=1S/C34H56O3S.Na/c1-3-5-7-9-11-13-15-17-19-21-24-30-25-23-27-32-31(30)28-29-34(38(35,36)37)33(32)26-22-20-18-16-14-12-10-8-6-4-2;/h23,25,27-29H,3-22,24,26H2,1-2H3,(H,35,36,37);/q;+1/p-1. The summed E-state index contributed by atoms with van der Waals surface area (Å²) in [5.74, 6) is 0. The van der Waals surface area contributed by atoms with Crippen LogP contribution in [0.1, 0.15) is 153 Å². The van der Waals surface area contributed by atoms with Crippen LogP contribution in [0.3, 0.4) is 0 Å². The van der Waals surface area contributed by atoms with Crippen LogP contribution in [0, 0.1) is 0 Å². The minimum Gasteiger partial charge on any atom is -0.744 e. The van der Waals surface area contributed by atoms with Crippen molar-refractivity contribution in [3.8, 4) is 0 Å². The molecule has 0 saturated heterocycles. The first-order valence-corrected chi connectivity index (χ1v) is 17.4. The van der Waals surface area contributed by atoms with Gasteiger partial charge in [0.2, 0.25) is 0 Å². The molecular weight excluding hydrogens is 511 g/mol. The van der Waals surface area contributed by atoms with Crippen LogP contribution in [0.2, 0.25) is 0 Å². The third-order valence-corrected chi connectivity index (χ3v) is 8.99. The van der Waals surface area contributed by atoms with Crippen molar-refractivity contribution in [3.63, 3.8) is 0 Å². The van der Waals surface area contributed by atoms with E-state index in [9.17, 15) is 13.0 Å². The van der Waals surface area contributed by atoms with E-state index in [0.717, 1.165) is 42.0 Å². The van der Waals surface area contributed by atoms with Gasteiger partial charge in [-0.3, -0.25) is 0 Å². The Balaban J connectivity index is 0.00000760. The molecule has 5 heteroatoms. The van der Waals surface area contributed by atoms with E-state index in [1.165, 1.54) is 115 Å². The molecule has 0 unspecified atom stereocenters. The maximum atomic E-state index is 12.1. The van der Waals surface area contributed by atoms with Crippen molar-refractivity contribution in [2.24, 2.45) is 0 Å². The van der Waals surface area contributed by atoms with Gasteiger partial charge in [-0.25, -0.2) is 8.42 Å².